The molecule has 0 fully saturated rings. The number of aliphatic hydroxyl groups is 1. The van der Waals surface area contributed by atoms with Gasteiger partial charge in [0.15, 0.2) is 0 Å². The van der Waals surface area contributed by atoms with Crippen LogP contribution in [0.4, 0.5) is 0 Å². The zero-order chi connectivity index (χ0) is 11.5. The number of aromatic amines is 1. The number of hydrogen-bond acceptors (Lipinski definition) is 4. The summed E-state index contributed by atoms with van der Waals surface area (Å²) in [5.41, 5.74) is 0.815. The summed E-state index contributed by atoms with van der Waals surface area (Å²) in [5.74, 6) is 0.914. The molecule has 0 saturated carbocycles. The van der Waals surface area contributed by atoms with Gasteiger partial charge in [-0.2, -0.15) is 4.98 Å². The number of aliphatic hydroxyl groups excluding tert-OH is 1. The van der Waals surface area contributed by atoms with E-state index in [0.717, 1.165) is 12.1 Å². The van der Waals surface area contributed by atoms with Gasteiger partial charge >= 0.3 is 0 Å². The number of H-pyrrole nitrogens is 1. The van der Waals surface area contributed by atoms with Crippen LogP contribution in [0.1, 0.15) is 32.1 Å². The van der Waals surface area contributed by atoms with E-state index in [9.17, 15) is 5.11 Å². The summed E-state index contributed by atoms with van der Waals surface area (Å²) in [6, 6.07) is 3.75. The van der Waals surface area contributed by atoms with Crippen molar-refractivity contribution in [3.8, 4) is 11.5 Å². The third-order valence-electron chi connectivity index (χ3n) is 2.62. The second kappa shape index (κ2) is 4.49. The Morgan fingerprint density at radius 3 is 2.94 bits per heavy atom. The van der Waals surface area contributed by atoms with Gasteiger partial charge in [-0.3, -0.25) is 0 Å². The maximum Gasteiger partial charge on any atom is 0.232 e. The first-order chi connectivity index (χ1) is 7.72. The fraction of sp³-hybridized carbons (Fsp3) is 0.455. The maximum absolute atomic E-state index is 9.57. The molecule has 0 aliphatic heterocycles. The van der Waals surface area contributed by atoms with Crippen molar-refractivity contribution in [1.29, 1.82) is 0 Å². The molecule has 0 bridgehead atoms. The molecule has 0 amide bonds. The molecule has 2 aromatic rings. The Morgan fingerprint density at radius 1 is 1.56 bits per heavy atom. The quantitative estimate of drug-likeness (QED) is 0.827. The van der Waals surface area contributed by atoms with Crippen LogP contribution in [-0.4, -0.2) is 26.3 Å². The summed E-state index contributed by atoms with van der Waals surface area (Å²) >= 11 is 0. The molecule has 2 N–H and O–H groups in total. The molecule has 0 aliphatic rings. The second-order valence-electron chi connectivity index (χ2n) is 3.80. The molecule has 2 heterocycles. The SMILES string of the molecule is CCC(c1nc(-c2ccc[nH]2)no1)C(C)O. The summed E-state index contributed by atoms with van der Waals surface area (Å²) in [6.07, 6.45) is 2.09. The molecule has 2 aromatic heterocycles. The topological polar surface area (TPSA) is 74.9 Å². The fourth-order valence-corrected chi connectivity index (χ4v) is 1.69. The Balaban J connectivity index is 2.25. The molecule has 2 unspecified atom stereocenters. The average Bonchev–Trinajstić information content (AvgIpc) is 2.86. The largest absolute Gasteiger partial charge is 0.393 e. The standard InChI is InChI=1S/C11H15N3O2/c1-3-8(7(2)15)11-13-10(14-16-11)9-5-4-6-12-9/h4-8,12,15H,3H2,1-2H3. The summed E-state index contributed by atoms with van der Waals surface area (Å²) < 4.78 is 5.16. The minimum absolute atomic E-state index is 0.101. The zero-order valence-electron chi connectivity index (χ0n) is 9.34. The van der Waals surface area contributed by atoms with Crippen LogP contribution < -0.4 is 0 Å². The molecule has 16 heavy (non-hydrogen) atoms. The monoisotopic (exact) mass is 221 g/mol. The van der Waals surface area contributed by atoms with Gasteiger partial charge in [-0.1, -0.05) is 12.1 Å². The highest BCUT2D eigenvalue weighted by atomic mass is 16.5. The van der Waals surface area contributed by atoms with E-state index in [-0.39, 0.29) is 5.92 Å². The van der Waals surface area contributed by atoms with Crippen molar-refractivity contribution in [1.82, 2.24) is 15.1 Å². The molecule has 86 valence electrons. The van der Waals surface area contributed by atoms with E-state index < -0.39 is 6.10 Å². The van der Waals surface area contributed by atoms with Crippen LogP contribution in [0.2, 0.25) is 0 Å². The lowest BCUT2D eigenvalue weighted by atomic mass is 10.0. The van der Waals surface area contributed by atoms with E-state index in [1.807, 2.05) is 19.1 Å². The minimum atomic E-state index is -0.484. The van der Waals surface area contributed by atoms with Gasteiger partial charge in [0.25, 0.3) is 0 Å². The van der Waals surface area contributed by atoms with Crippen LogP contribution in [0.5, 0.6) is 0 Å². The van der Waals surface area contributed by atoms with Crippen molar-refractivity contribution in [3.05, 3.63) is 24.2 Å². The lowest BCUT2D eigenvalue weighted by Crippen LogP contribution is -2.13. The molecule has 0 aliphatic carbocycles. The normalized spacial score (nSPS) is 14.9. The average molecular weight is 221 g/mol. The molecule has 0 spiro atoms. The third kappa shape index (κ3) is 1.99. The van der Waals surface area contributed by atoms with E-state index >= 15 is 0 Å². The number of aromatic nitrogens is 3. The van der Waals surface area contributed by atoms with E-state index in [1.54, 1.807) is 13.1 Å². The third-order valence-corrected chi connectivity index (χ3v) is 2.62. The number of rotatable bonds is 4. The number of nitrogens with zero attached hydrogens (tertiary/aromatic N) is 2. The number of nitrogens with one attached hydrogen (secondary N) is 1. The van der Waals surface area contributed by atoms with Crippen LogP contribution >= 0.6 is 0 Å². The molecular formula is C11H15N3O2. The smallest absolute Gasteiger partial charge is 0.232 e. The molecule has 0 aromatic carbocycles. The molecule has 2 atom stereocenters. The molecule has 5 nitrogen and oxygen atoms in total. The van der Waals surface area contributed by atoms with Gasteiger partial charge in [0.05, 0.1) is 17.7 Å². The van der Waals surface area contributed by atoms with E-state index in [1.165, 1.54) is 0 Å². The van der Waals surface area contributed by atoms with E-state index in [0.29, 0.717) is 11.7 Å². The van der Waals surface area contributed by atoms with Gasteiger partial charge in [0.1, 0.15) is 0 Å². The minimum Gasteiger partial charge on any atom is -0.393 e. The summed E-state index contributed by atoms with van der Waals surface area (Å²) in [6.45, 7) is 3.71. The van der Waals surface area contributed by atoms with Gasteiger partial charge in [0.2, 0.25) is 11.7 Å². The van der Waals surface area contributed by atoms with Gasteiger partial charge in [-0.25, -0.2) is 0 Å². The Morgan fingerprint density at radius 2 is 2.38 bits per heavy atom. The molecule has 0 radical (unpaired) electrons. The van der Waals surface area contributed by atoms with Crippen LogP contribution in [0, 0.1) is 0 Å². The van der Waals surface area contributed by atoms with Crippen molar-refractivity contribution in [2.75, 3.05) is 0 Å². The highest BCUT2D eigenvalue weighted by molar-refractivity contribution is 5.47. The second-order valence-corrected chi connectivity index (χ2v) is 3.80. The Bertz CT molecular complexity index is 434. The van der Waals surface area contributed by atoms with Crippen molar-refractivity contribution in [2.45, 2.75) is 32.3 Å². The summed E-state index contributed by atoms with van der Waals surface area (Å²) in [4.78, 5) is 7.28. The lowest BCUT2D eigenvalue weighted by Gasteiger charge is -2.12. The van der Waals surface area contributed by atoms with Crippen molar-refractivity contribution >= 4 is 0 Å². The highest BCUT2D eigenvalue weighted by Crippen LogP contribution is 2.23. The fourth-order valence-electron chi connectivity index (χ4n) is 1.69. The molecule has 5 heteroatoms. The van der Waals surface area contributed by atoms with Crippen LogP contribution in [-0.2, 0) is 0 Å². The summed E-state index contributed by atoms with van der Waals surface area (Å²) in [7, 11) is 0. The van der Waals surface area contributed by atoms with Gasteiger partial charge in [0, 0.05) is 6.20 Å². The number of hydrogen-bond donors (Lipinski definition) is 2. The molecule has 0 saturated heterocycles. The van der Waals surface area contributed by atoms with Gasteiger partial charge < -0.3 is 14.6 Å². The van der Waals surface area contributed by atoms with Crippen molar-refractivity contribution in [3.63, 3.8) is 0 Å². The lowest BCUT2D eigenvalue weighted by molar-refractivity contribution is 0.141. The van der Waals surface area contributed by atoms with Gasteiger partial charge in [-0.15, -0.1) is 0 Å². The van der Waals surface area contributed by atoms with Crippen LogP contribution in [0.3, 0.4) is 0 Å². The van der Waals surface area contributed by atoms with Crippen LogP contribution in [0.15, 0.2) is 22.9 Å². The first kappa shape index (κ1) is 10.9. The van der Waals surface area contributed by atoms with Gasteiger partial charge in [-0.05, 0) is 25.5 Å². The predicted molar refractivity (Wildman–Crippen MR) is 58.8 cm³/mol. The Kier molecular flexibility index (Phi) is 3.05. The molecule has 2 rings (SSSR count). The Hall–Kier alpha value is -1.62. The first-order valence-electron chi connectivity index (χ1n) is 5.37. The predicted octanol–water partition coefficient (Wildman–Crippen LogP) is 1.94. The van der Waals surface area contributed by atoms with E-state index in [4.69, 9.17) is 4.52 Å². The first-order valence-corrected chi connectivity index (χ1v) is 5.37. The Labute approximate surface area is 93.5 Å². The molecular weight excluding hydrogens is 206 g/mol. The maximum atomic E-state index is 9.57. The summed E-state index contributed by atoms with van der Waals surface area (Å²) in [5, 5.41) is 13.5. The highest BCUT2D eigenvalue weighted by Gasteiger charge is 2.22. The van der Waals surface area contributed by atoms with Crippen LogP contribution in [0.25, 0.3) is 11.5 Å². The van der Waals surface area contributed by atoms with E-state index in [2.05, 4.69) is 15.1 Å². The van der Waals surface area contributed by atoms with Crippen molar-refractivity contribution in [2.24, 2.45) is 0 Å². The zero-order valence-corrected chi connectivity index (χ0v) is 9.34. The van der Waals surface area contributed by atoms with Crippen molar-refractivity contribution < 1.29 is 9.63 Å².